The van der Waals surface area contributed by atoms with E-state index in [2.05, 4.69) is 22.5 Å². The Kier molecular flexibility index (Phi) is 4.51. The molecule has 3 aliphatic rings. The zero-order valence-corrected chi connectivity index (χ0v) is 11.8. The van der Waals surface area contributed by atoms with Crippen molar-refractivity contribution in [3.05, 3.63) is 0 Å². The number of amides is 1. The summed E-state index contributed by atoms with van der Waals surface area (Å²) in [5.74, 6) is 0.997. The largest absolute Gasteiger partial charge is 0.352 e. The Balaban J connectivity index is 0.00000120. The Hall–Kier alpha value is -0.320. The van der Waals surface area contributed by atoms with Gasteiger partial charge >= 0.3 is 0 Å². The molecule has 2 aliphatic heterocycles. The van der Waals surface area contributed by atoms with E-state index in [4.69, 9.17) is 0 Å². The summed E-state index contributed by atoms with van der Waals surface area (Å²) in [5.41, 5.74) is 0. The minimum atomic E-state index is 0. The SMILES string of the molecule is CC(C(=O)NC1CC1)N1CCC2NCCC2C1.Cl. The number of halogens is 1. The fourth-order valence-electron chi connectivity index (χ4n) is 3.14. The minimum absolute atomic E-state index is 0. The molecule has 3 atom stereocenters. The van der Waals surface area contributed by atoms with Crippen LogP contribution in [0, 0.1) is 5.92 Å². The first-order valence-corrected chi connectivity index (χ1v) is 7.02. The molecule has 1 amide bonds. The highest BCUT2D eigenvalue weighted by molar-refractivity contribution is 5.85. The molecule has 0 radical (unpaired) electrons. The van der Waals surface area contributed by atoms with E-state index < -0.39 is 0 Å². The van der Waals surface area contributed by atoms with E-state index in [1.54, 1.807) is 0 Å². The van der Waals surface area contributed by atoms with Gasteiger partial charge in [-0.15, -0.1) is 12.4 Å². The third-order valence-electron chi connectivity index (χ3n) is 4.54. The summed E-state index contributed by atoms with van der Waals surface area (Å²) in [6.45, 7) is 5.37. The maximum Gasteiger partial charge on any atom is 0.237 e. The standard InChI is InChI=1S/C13H23N3O.ClH/c1-9(13(17)15-11-2-3-11)16-7-5-12-10(8-16)4-6-14-12;/h9-12,14H,2-8H2,1H3,(H,15,17);1H. The third-order valence-corrected chi connectivity index (χ3v) is 4.54. The van der Waals surface area contributed by atoms with Crippen LogP contribution >= 0.6 is 12.4 Å². The van der Waals surface area contributed by atoms with Gasteiger partial charge < -0.3 is 10.6 Å². The van der Waals surface area contributed by atoms with Crippen LogP contribution in [0.2, 0.25) is 0 Å². The van der Waals surface area contributed by atoms with E-state index in [9.17, 15) is 4.79 Å². The summed E-state index contributed by atoms with van der Waals surface area (Å²) in [4.78, 5) is 14.4. The number of piperidine rings is 1. The summed E-state index contributed by atoms with van der Waals surface area (Å²) in [5, 5.41) is 6.68. The van der Waals surface area contributed by atoms with Crippen LogP contribution in [-0.2, 0) is 4.79 Å². The normalized spacial score (nSPS) is 33.4. The summed E-state index contributed by atoms with van der Waals surface area (Å²) >= 11 is 0. The molecule has 1 aliphatic carbocycles. The molecule has 1 saturated carbocycles. The fourth-order valence-corrected chi connectivity index (χ4v) is 3.14. The fraction of sp³-hybridized carbons (Fsp3) is 0.923. The molecular formula is C13H24ClN3O. The first-order chi connectivity index (χ1) is 8.24. The molecule has 0 aromatic rings. The van der Waals surface area contributed by atoms with E-state index in [-0.39, 0.29) is 24.4 Å². The van der Waals surface area contributed by atoms with Crippen LogP contribution in [0.5, 0.6) is 0 Å². The van der Waals surface area contributed by atoms with Crippen molar-refractivity contribution >= 4 is 18.3 Å². The van der Waals surface area contributed by atoms with Crippen molar-refractivity contribution in [3.8, 4) is 0 Å². The second-order valence-electron chi connectivity index (χ2n) is 5.85. The van der Waals surface area contributed by atoms with Gasteiger partial charge in [0.2, 0.25) is 5.91 Å². The first kappa shape index (κ1) is 14.1. The van der Waals surface area contributed by atoms with Gasteiger partial charge in [-0.25, -0.2) is 0 Å². The van der Waals surface area contributed by atoms with Crippen molar-refractivity contribution in [2.24, 2.45) is 5.92 Å². The Morgan fingerprint density at radius 1 is 1.33 bits per heavy atom. The van der Waals surface area contributed by atoms with Crippen LogP contribution in [-0.4, -0.2) is 48.6 Å². The van der Waals surface area contributed by atoms with E-state index in [1.165, 1.54) is 25.7 Å². The lowest BCUT2D eigenvalue weighted by molar-refractivity contribution is -0.126. The summed E-state index contributed by atoms with van der Waals surface area (Å²) < 4.78 is 0. The molecule has 104 valence electrons. The number of carbonyl (C=O) groups excluding carboxylic acids is 1. The minimum Gasteiger partial charge on any atom is -0.352 e. The zero-order valence-electron chi connectivity index (χ0n) is 11.0. The third kappa shape index (κ3) is 2.98. The van der Waals surface area contributed by atoms with E-state index in [0.29, 0.717) is 12.1 Å². The van der Waals surface area contributed by atoms with Crippen molar-refractivity contribution in [2.45, 2.75) is 50.7 Å². The molecule has 4 nitrogen and oxygen atoms in total. The monoisotopic (exact) mass is 273 g/mol. The highest BCUT2D eigenvalue weighted by Gasteiger charge is 2.36. The number of likely N-dealkylation sites (tertiary alicyclic amines) is 1. The van der Waals surface area contributed by atoms with Crippen molar-refractivity contribution in [1.82, 2.24) is 15.5 Å². The number of fused-ring (bicyclic) bond motifs is 1. The van der Waals surface area contributed by atoms with Crippen molar-refractivity contribution in [2.75, 3.05) is 19.6 Å². The lowest BCUT2D eigenvalue weighted by Gasteiger charge is -2.37. The number of nitrogens with zero attached hydrogens (tertiary/aromatic N) is 1. The Labute approximate surface area is 115 Å². The molecule has 0 aromatic heterocycles. The summed E-state index contributed by atoms with van der Waals surface area (Å²) in [7, 11) is 0. The zero-order chi connectivity index (χ0) is 11.8. The highest BCUT2D eigenvalue weighted by atomic mass is 35.5. The van der Waals surface area contributed by atoms with Crippen LogP contribution < -0.4 is 10.6 Å². The van der Waals surface area contributed by atoms with E-state index in [1.807, 2.05) is 0 Å². The second kappa shape index (κ2) is 5.76. The molecule has 0 aromatic carbocycles. The van der Waals surface area contributed by atoms with Gasteiger partial charge in [-0.05, 0) is 45.1 Å². The average Bonchev–Trinajstić information content (AvgIpc) is 3.02. The number of nitrogens with one attached hydrogen (secondary N) is 2. The molecule has 2 heterocycles. The van der Waals surface area contributed by atoms with Crippen molar-refractivity contribution in [3.63, 3.8) is 0 Å². The Morgan fingerprint density at radius 3 is 2.83 bits per heavy atom. The van der Waals surface area contributed by atoms with E-state index in [0.717, 1.165) is 25.6 Å². The molecule has 3 unspecified atom stereocenters. The summed E-state index contributed by atoms with van der Waals surface area (Å²) in [6.07, 6.45) is 4.82. The predicted octanol–water partition coefficient (Wildman–Crippen LogP) is 0.759. The van der Waals surface area contributed by atoms with Crippen LogP contribution in [0.3, 0.4) is 0 Å². The van der Waals surface area contributed by atoms with Crippen LogP contribution in [0.4, 0.5) is 0 Å². The second-order valence-corrected chi connectivity index (χ2v) is 5.85. The molecule has 0 spiro atoms. The molecule has 3 rings (SSSR count). The van der Waals surface area contributed by atoms with Gasteiger partial charge in [0, 0.05) is 25.2 Å². The molecule has 0 bridgehead atoms. The topological polar surface area (TPSA) is 44.4 Å². The van der Waals surface area contributed by atoms with Crippen molar-refractivity contribution in [1.29, 1.82) is 0 Å². The van der Waals surface area contributed by atoms with Gasteiger partial charge in [0.15, 0.2) is 0 Å². The Bertz CT molecular complexity index is 309. The molecular weight excluding hydrogens is 250 g/mol. The molecule has 5 heteroatoms. The molecule has 18 heavy (non-hydrogen) atoms. The number of hydrogen-bond donors (Lipinski definition) is 2. The number of rotatable bonds is 3. The van der Waals surface area contributed by atoms with Gasteiger partial charge in [-0.1, -0.05) is 0 Å². The number of carbonyl (C=O) groups is 1. The van der Waals surface area contributed by atoms with E-state index >= 15 is 0 Å². The average molecular weight is 274 g/mol. The van der Waals surface area contributed by atoms with Crippen LogP contribution in [0.1, 0.15) is 32.6 Å². The smallest absolute Gasteiger partial charge is 0.237 e. The van der Waals surface area contributed by atoms with Gasteiger partial charge in [0.1, 0.15) is 0 Å². The first-order valence-electron chi connectivity index (χ1n) is 7.02. The maximum absolute atomic E-state index is 12.0. The lowest BCUT2D eigenvalue weighted by atomic mass is 9.92. The van der Waals surface area contributed by atoms with Gasteiger partial charge in [-0.2, -0.15) is 0 Å². The van der Waals surface area contributed by atoms with Crippen LogP contribution in [0.25, 0.3) is 0 Å². The lowest BCUT2D eigenvalue weighted by Crippen LogP contribution is -2.52. The number of hydrogen-bond acceptors (Lipinski definition) is 3. The summed E-state index contributed by atoms with van der Waals surface area (Å²) in [6, 6.07) is 1.25. The Morgan fingerprint density at radius 2 is 2.11 bits per heavy atom. The van der Waals surface area contributed by atoms with Crippen molar-refractivity contribution < 1.29 is 4.79 Å². The molecule has 3 fully saturated rings. The highest BCUT2D eigenvalue weighted by Crippen LogP contribution is 2.26. The van der Waals surface area contributed by atoms with Gasteiger partial charge in [-0.3, -0.25) is 9.69 Å². The van der Waals surface area contributed by atoms with Gasteiger partial charge in [0.05, 0.1) is 6.04 Å². The van der Waals surface area contributed by atoms with Gasteiger partial charge in [0.25, 0.3) is 0 Å². The predicted molar refractivity (Wildman–Crippen MR) is 74.0 cm³/mol. The molecule has 2 N–H and O–H groups in total. The quantitative estimate of drug-likeness (QED) is 0.798. The maximum atomic E-state index is 12.0. The van der Waals surface area contributed by atoms with Crippen LogP contribution in [0.15, 0.2) is 0 Å². The molecule has 2 saturated heterocycles.